The first-order valence-corrected chi connectivity index (χ1v) is 8.48. The number of alkyl halides is 1. The molecule has 0 unspecified atom stereocenters. The molecule has 2 aromatic heterocycles. The number of hydrogen-bond donors (Lipinski definition) is 1. The molecule has 23 heavy (non-hydrogen) atoms. The van der Waals surface area contributed by atoms with E-state index in [1.54, 1.807) is 12.4 Å². The Kier molecular flexibility index (Phi) is 5.00. The van der Waals surface area contributed by atoms with Crippen LogP contribution in [0.25, 0.3) is 11.3 Å². The number of pyridine rings is 1. The van der Waals surface area contributed by atoms with E-state index in [4.69, 9.17) is 11.6 Å². The summed E-state index contributed by atoms with van der Waals surface area (Å²) >= 11 is 7.31. The monoisotopic (exact) mass is 342 g/mol. The third kappa shape index (κ3) is 4.15. The van der Waals surface area contributed by atoms with Crippen molar-refractivity contribution in [3.8, 4) is 11.3 Å². The molecule has 0 fully saturated rings. The van der Waals surface area contributed by atoms with Crippen LogP contribution in [0.4, 0.5) is 5.13 Å². The second-order valence-electron chi connectivity index (χ2n) is 4.97. The molecular formula is C17H15ClN4S. The summed E-state index contributed by atoms with van der Waals surface area (Å²) in [6.07, 6.45) is 3.57. The molecule has 0 aliphatic carbocycles. The van der Waals surface area contributed by atoms with Gasteiger partial charge in [0, 0.05) is 23.0 Å². The van der Waals surface area contributed by atoms with Crippen molar-refractivity contribution >= 4 is 34.3 Å². The van der Waals surface area contributed by atoms with Gasteiger partial charge in [-0.15, -0.1) is 22.9 Å². The third-order valence-corrected chi connectivity index (χ3v) is 4.35. The lowest BCUT2D eigenvalue weighted by molar-refractivity contribution is 1.22. The van der Waals surface area contributed by atoms with Gasteiger partial charge < -0.3 is 0 Å². The maximum Gasteiger partial charge on any atom is 0.203 e. The molecule has 0 atom stereocenters. The topological polar surface area (TPSA) is 50.2 Å². The second kappa shape index (κ2) is 7.35. The van der Waals surface area contributed by atoms with Crippen LogP contribution in [0.2, 0.25) is 0 Å². The smallest absolute Gasteiger partial charge is 0.203 e. The van der Waals surface area contributed by atoms with E-state index in [2.05, 4.69) is 20.5 Å². The largest absolute Gasteiger partial charge is 0.256 e. The summed E-state index contributed by atoms with van der Waals surface area (Å²) < 4.78 is 0. The summed E-state index contributed by atoms with van der Waals surface area (Å²) in [4.78, 5) is 8.70. The maximum absolute atomic E-state index is 5.78. The second-order valence-corrected chi connectivity index (χ2v) is 6.10. The molecule has 3 aromatic rings. The van der Waals surface area contributed by atoms with Gasteiger partial charge >= 0.3 is 0 Å². The van der Waals surface area contributed by atoms with Gasteiger partial charge in [-0.3, -0.25) is 10.4 Å². The van der Waals surface area contributed by atoms with Crippen molar-refractivity contribution in [1.82, 2.24) is 9.97 Å². The minimum Gasteiger partial charge on any atom is -0.256 e. The zero-order valence-corrected chi connectivity index (χ0v) is 14.1. The van der Waals surface area contributed by atoms with E-state index in [9.17, 15) is 0 Å². The quantitative estimate of drug-likeness (QED) is 0.415. The predicted molar refractivity (Wildman–Crippen MR) is 97.3 cm³/mol. The number of aryl methyl sites for hydroxylation is 1. The normalized spacial score (nSPS) is 11.0. The van der Waals surface area contributed by atoms with Gasteiger partial charge in [-0.25, -0.2) is 4.98 Å². The minimum absolute atomic E-state index is 0.480. The molecular weight excluding hydrogens is 328 g/mol. The van der Waals surface area contributed by atoms with E-state index < -0.39 is 0 Å². The van der Waals surface area contributed by atoms with Crippen LogP contribution in [0.3, 0.4) is 0 Å². The standard InChI is InChI=1S/C17H15ClN4S/c1-12-11-23-17(21-12)22-20-10-13-2-5-15(6-3-13)16-7-4-14(8-18)9-19-16/h2-7,9-11H,8H2,1H3,(H,21,22). The lowest BCUT2D eigenvalue weighted by Crippen LogP contribution is -1.90. The van der Waals surface area contributed by atoms with Crippen LogP contribution in [-0.4, -0.2) is 16.2 Å². The summed E-state index contributed by atoms with van der Waals surface area (Å²) in [6.45, 7) is 1.96. The Morgan fingerprint density at radius 2 is 2.04 bits per heavy atom. The number of anilines is 1. The fourth-order valence-corrected chi connectivity index (χ4v) is 2.78. The highest BCUT2D eigenvalue weighted by Crippen LogP contribution is 2.18. The van der Waals surface area contributed by atoms with Crippen molar-refractivity contribution in [2.75, 3.05) is 5.43 Å². The Labute approximate surface area is 143 Å². The number of thiazole rings is 1. The number of halogens is 1. The van der Waals surface area contributed by atoms with Gasteiger partial charge in [0.15, 0.2) is 0 Å². The first kappa shape index (κ1) is 15.6. The Bertz CT molecular complexity index is 794. The highest BCUT2D eigenvalue weighted by molar-refractivity contribution is 7.13. The molecule has 4 nitrogen and oxygen atoms in total. The van der Waals surface area contributed by atoms with Gasteiger partial charge in [-0.2, -0.15) is 5.10 Å². The average molecular weight is 343 g/mol. The van der Waals surface area contributed by atoms with Gasteiger partial charge in [0.25, 0.3) is 0 Å². The summed E-state index contributed by atoms with van der Waals surface area (Å²) in [5, 5.41) is 6.96. The highest BCUT2D eigenvalue weighted by atomic mass is 35.5. The summed E-state index contributed by atoms with van der Waals surface area (Å²) in [5.41, 5.74) is 7.93. The molecule has 0 aliphatic rings. The van der Waals surface area contributed by atoms with E-state index in [0.29, 0.717) is 5.88 Å². The molecule has 0 saturated heterocycles. The molecule has 2 heterocycles. The number of aromatic nitrogens is 2. The van der Waals surface area contributed by atoms with Gasteiger partial charge in [0.1, 0.15) is 0 Å². The van der Waals surface area contributed by atoms with E-state index in [-0.39, 0.29) is 0 Å². The van der Waals surface area contributed by atoms with Crippen LogP contribution in [-0.2, 0) is 5.88 Å². The molecule has 3 rings (SSSR count). The molecule has 0 spiro atoms. The van der Waals surface area contributed by atoms with Crippen LogP contribution in [0.1, 0.15) is 16.8 Å². The van der Waals surface area contributed by atoms with E-state index in [1.807, 2.05) is 48.7 Å². The summed E-state index contributed by atoms with van der Waals surface area (Å²) in [5.74, 6) is 0.480. The first-order valence-electron chi connectivity index (χ1n) is 7.07. The van der Waals surface area contributed by atoms with Gasteiger partial charge in [-0.05, 0) is 24.1 Å². The van der Waals surface area contributed by atoms with Crippen LogP contribution >= 0.6 is 22.9 Å². The first-order chi connectivity index (χ1) is 11.2. The zero-order valence-electron chi connectivity index (χ0n) is 12.5. The van der Waals surface area contributed by atoms with Crippen molar-refractivity contribution < 1.29 is 0 Å². The molecule has 0 bridgehead atoms. The van der Waals surface area contributed by atoms with Crippen molar-refractivity contribution in [2.24, 2.45) is 5.10 Å². The summed E-state index contributed by atoms with van der Waals surface area (Å²) in [6, 6.07) is 12.0. The Morgan fingerprint density at radius 3 is 2.65 bits per heavy atom. The molecule has 0 amide bonds. The SMILES string of the molecule is Cc1csc(NN=Cc2ccc(-c3ccc(CCl)cn3)cc2)n1. The predicted octanol–water partition coefficient (Wildman–Crippen LogP) is 4.70. The minimum atomic E-state index is 0.480. The lowest BCUT2D eigenvalue weighted by atomic mass is 10.1. The lowest BCUT2D eigenvalue weighted by Gasteiger charge is -2.02. The van der Waals surface area contributed by atoms with Crippen molar-refractivity contribution in [1.29, 1.82) is 0 Å². The molecule has 0 saturated carbocycles. The van der Waals surface area contributed by atoms with E-state index in [0.717, 1.165) is 33.2 Å². The number of nitrogens with one attached hydrogen (secondary N) is 1. The van der Waals surface area contributed by atoms with E-state index in [1.165, 1.54) is 11.3 Å². The fourth-order valence-electron chi connectivity index (χ4n) is 1.98. The van der Waals surface area contributed by atoms with Crippen molar-refractivity contribution in [2.45, 2.75) is 12.8 Å². The van der Waals surface area contributed by atoms with Crippen LogP contribution < -0.4 is 5.43 Å². The Morgan fingerprint density at radius 1 is 1.22 bits per heavy atom. The highest BCUT2D eigenvalue weighted by Gasteiger charge is 2.00. The third-order valence-electron chi connectivity index (χ3n) is 3.18. The number of nitrogens with zero attached hydrogens (tertiary/aromatic N) is 3. The molecule has 1 N–H and O–H groups in total. The summed E-state index contributed by atoms with van der Waals surface area (Å²) in [7, 11) is 0. The zero-order chi connectivity index (χ0) is 16.1. The van der Waals surface area contributed by atoms with Gasteiger partial charge in [-0.1, -0.05) is 30.3 Å². The van der Waals surface area contributed by atoms with E-state index >= 15 is 0 Å². The van der Waals surface area contributed by atoms with Gasteiger partial charge in [0.05, 0.1) is 17.6 Å². The van der Waals surface area contributed by atoms with Crippen LogP contribution in [0, 0.1) is 6.92 Å². The molecule has 1 aromatic carbocycles. The number of rotatable bonds is 5. The molecule has 6 heteroatoms. The molecule has 0 radical (unpaired) electrons. The number of benzene rings is 1. The average Bonchev–Trinajstić information content (AvgIpc) is 3.01. The Balaban J connectivity index is 1.66. The van der Waals surface area contributed by atoms with Crippen LogP contribution in [0.15, 0.2) is 53.1 Å². The molecule has 116 valence electrons. The maximum atomic E-state index is 5.78. The Hall–Kier alpha value is -2.24. The van der Waals surface area contributed by atoms with Crippen LogP contribution in [0.5, 0.6) is 0 Å². The number of hydrogen-bond acceptors (Lipinski definition) is 5. The van der Waals surface area contributed by atoms with Crippen molar-refractivity contribution in [3.05, 3.63) is 64.8 Å². The number of hydrazone groups is 1. The molecule has 0 aliphatic heterocycles. The van der Waals surface area contributed by atoms with Crippen molar-refractivity contribution in [3.63, 3.8) is 0 Å². The van der Waals surface area contributed by atoms with Gasteiger partial charge in [0.2, 0.25) is 5.13 Å². The fraction of sp³-hybridized carbons (Fsp3) is 0.118.